The minimum Gasteiger partial charge on any atom is -0.366 e. The van der Waals surface area contributed by atoms with Crippen molar-refractivity contribution >= 4 is 11.7 Å². The van der Waals surface area contributed by atoms with Gasteiger partial charge in [0.1, 0.15) is 17.8 Å². The van der Waals surface area contributed by atoms with Crippen molar-refractivity contribution in [1.82, 2.24) is 14.9 Å². The highest BCUT2D eigenvalue weighted by Gasteiger charge is 2.20. The van der Waals surface area contributed by atoms with Crippen molar-refractivity contribution in [2.24, 2.45) is 0 Å². The van der Waals surface area contributed by atoms with Gasteiger partial charge in [-0.2, -0.15) is 0 Å². The van der Waals surface area contributed by atoms with E-state index >= 15 is 0 Å². The number of aromatic nitrogens is 2. The highest BCUT2D eigenvalue weighted by atomic mass is 16.2. The van der Waals surface area contributed by atoms with Crippen LogP contribution in [-0.4, -0.2) is 33.9 Å². The molecule has 1 N–H and O–H groups in total. The Balaban J connectivity index is 1.66. The van der Waals surface area contributed by atoms with E-state index in [1.807, 2.05) is 35.2 Å². The quantitative estimate of drug-likeness (QED) is 0.935. The topological polar surface area (TPSA) is 58.1 Å². The average molecular weight is 282 g/mol. The van der Waals surface area contributed by atoms with Crippen LogP contribution in [0.4, 0.5) is 5.82 Å². The smallest absolute Gasteiger partial charge is 0.272 e. The zero-order valence-corrected chi connectivity index (χ0v) is 11.8. The first-order chi connectivity index (χ1) is 10.3. The third-order valence-corrected chi connectivity index (χ3v) is 3.60. The summed E-state index contributed by atoms with van der Waals surface area (Å²) in [6.07, 6.45) is 3.60. The molecule has 108 valence electrons. The minimum absolute atomic E-state index is 0.00217. The van der Waals surface area contributed by atoms with Gasteiger partial charge in [0.05, 0.1) is 0 Å². The monoisotopic (exact) mass is 282 g/mol. The molecular formula is C16H18N4O. The van der Waals surface area contributed by atoms with E-state index in [0.29, 0.717) is 18.1 Å². The van der Waals surface area contributed by atoms with Gasteiger partial charge in [-0.3, -0.25) is 4.79 Å². The summed E-state index contributed by atoms with van der Waals surface area (Å²) in [4.78, 5) is 22.4. The molecule has 5 heteroatoms. The van der Waals surface area contributed by atoms with Crippen LogP contribution in [0.15, 0.2) is 42.7 Å². The molecule has 1 saturated heterocycles. The van der Waals surface area contributed by atoms with Crippen LogP contribution in [0.2, 0.25) is 0 Å². The molecule has 1 fully saturated rings. The van der Waals surface area contributed by atoms with Crippen molar-refractivity contribution in [3.05, 3.63) is 54.0 Å². The Hall–Kier alpha value is -2.43. The fraction of sp³-hybridized carbons (Fsp3) is 0.312. The highest BCUT2D eigenvalue weighted by Crippen LogP contribution is 2.13. The van der Waals surface area contributed by atoms with Gasteiger partial charge in [-0.25, -0.2) is 9.97 Å². The zero-order chi connectivity index (χ0) is 14.5. The molecule has 0 aliphatic carbocycles. The second kappa shape index (κ2) is 6.35. The highest BCUT2D eigenvalue weighted by molar-refractivity contribution is 5.93. The summed E-state index contributed by atoms with van der Waals surface area (Å²) < 4.78 is 0. The molecule has 5 nitrogen and oxygen atoms in total. The second-order valence-corrected chi connectivity index (χ2v) is 5.13. The van der Waals surface area contributed by atoms with E-state index < -0.39 is 0 Å². The standard InChI is InChI=1S/C16H18N4O/c21-16(20-8-4-5-9-20)14-10-15(19-12-18-14)17-11-13-6-2-1-3-7-13/h1-3,6-7,10,12H,4-5,8-9,11H2,(H,17,18,19). The number of nitrogens with zero attached hydrogens (tertiary/aromatic N) is 3. The van der Waals surface area contributed by atoms with Crippen LogP contribution in [0, 0.1) is 0 Å². The maximum Gasteiger partial charge on any atom is 0.272 e. The Morgan fingerprint density at radius 2 is 1.90 bits per heavy atom. The molecule has 1 aromatic carbocycles. The summed E-state index contributed by atoms with van der Waals surface area (Å²) in [6.45, 7) is 2.33. The van der Waals surface area contributed by atoms with Crippen LogP contribution >= 0.6 is 0 Å². The lowest BCUT2D eigenvalue weighted by atomic mass is 10.2. The summed E-state index contributed by atoms with van der Waals surface area (Å²) in [5, 5.41) is 3.22. The van der Waals surface area contributed by atoms with Crippen LogP contribution < -0.4 is 5.32 Å². The van der Waals surface area contributed by atoms with E-state index in [4.69, 9.17) is 0 Å². The summed E-state index contributed by atoms with van der Waals surface area (Å²) in [6, 6.07) is 11.8. The molecule has 1 aliphatic rings. The van der Waals surface area contributed by atoms with Gasteiger partial charge in [-0.05, 0) is 18.4 Å². The Morgan fingerprint density at radius 3 is 2.67 bits per heavy atom. The van der Waals surface area contributed by atoms with Crippen molar-refractivity contribution in [2.45, 2.75) is 19.4 Å². The SMILES string of the molecule is O=C(c1cc(NCc2ccccc2)ncn1)N1CCCC1. The van der Waals surface area contributed by atoms with Crippen molar-refractivity contribution in [1.29, 1.82) is 0 Å². The van der Waals surface area contributed by atoms with Gasteiger partial charge in [0, 0.05) is 25.7 Å². The number of likely N-dealkylation sites (tertiary alicyclic amines) is 1. The molecule has 1 aromatic heterocycles. The maximum absolute atomic E-state index is 12.3. The summed E-state index contributed by atoms with van der Waals surface area (Å²) in [7, 11) is 0. The van der Waals surface area contributed by atoms with Gasteiger partial charge in [-0.15, -0.1) is 0 Å². The fourth-order valence-corrected chi connectivity index (χ4v) is 2.44. The maximum atomic E-state index is 12.3. The third-order valence-electron chi connectivity index (χ3n) is 3.60. The number of hydrogen-bond acceptors (Lipinski definition) is 4. The average Bonchev–Trinajstić information content (AvgIpc) is 3.08. The predicted octanol–water partition coefficient (Wildman–Crippen LogP) is 2.32. The van der Waals surface area contributed by atoms with Crippen LogP contribution in [0.25, 0.3) is 0 Å². The third kappa shape index (κ3) is 3.37. The van der Waals surface area contributed by atoms with Gasteiger partial charge < -0.3 is 10.2 Å². The van der Waals surface area contributed by atoms with E-state index in [1.54, 1.807) is 6.07 Å². The number of nitrogens with one attached hydrogen (secondary N) is 1. The van der Waals surface area contributed by atoms with Gasteiger partial charge in [-0.1, -0.05) is 30.3 Å². The molecule has 0 bridgehead atoms. The van der Waals surface area contributed by atoms with E-state index in [0.717, 1.165) is 25.9 Å². The number of rotatable bonds is 4. The molecule has 0 radical (unpaired) electrons. The van der Waals surface area contributed by atoms with Gasteiger partial charge in [0.15, 0.2) is 0 Å². The van der Waals surface area contributed by atoms with Crippen LogP contribution in [0.5, 0.6) is 0 Å². The lowest BCUT2D eigenvalue weighted by molar-refractivity contribution is 0.0787. The number of benzene rings is 1. The molecule has 0 atom stereocenters. The zero-order valence-electron chi connectivity index (χ0n) is 11.8. The fourth-order valence-electron chi connectivity index (χ4n) is 2.44. The van der Waals surface area contributed by atoms with Gasteiger partial charge >= 0.3 is 0 Å². The number of carbonyl (C=O) groups excluding carboxylic acids is 1. The molecule has 0 saturated carbocycles. The first-order valence-electron chi connectivity index (χ1n) is 7.22. The first-order valence-corrected chi connectivity index (χ1v) is 7.22. The normalized spacial score (nSPS) is 14.2. The Labute approximate surface area is 124 Å². The molecule has 21 heavy (non-hydrogen) atoms. The molecule has 1 amide bonds. The van der Waals surface area contributed by atoms with Crippen molar-refractivity contribution < 1.29 is 4.79 Å². The van der Waals surface area contributed by atoms with Crippen molar-refractivity contribution in [3.63, 3.8) is 0 Å². The summed E-state index contributed by atoms with van der Waals surface area (Å²) in [5.41, 5.74) is 1.63. The number of hydrogen-bond donors (Lipinski definition) is 1. The molecular weight excluding hydrogens is 264 g/mol. The van der Waals surface area contributed by atoms with E-state index in [-0.39, 0.29) is 5.91 Å². The van der Waals surface area contributed by atoms with Crippen molar-refractivity contribution in [3.8, 4) is 0 Å². The minimum atomic E-state index is -0.00217. The Morgan fingerprint density at radius 1 is 1.14 bits per heavy atom. The summed E-state index contributed by atoms with van der Waals surface area (Å²) >= 11 is 0. The van der Waals surface area contributed by atoms with Crippen molar-refractivity contribution in [2.75, 3.05) is 18.4 Å². The predicted molar refractivity (Wildman–Crippen MR) is 80.9 cm³/mol. The van der Waals surface area contributed by atoms with E-state index in [1.165, 1.54) is 11.9 Å². The van der Waals surface area contributed by atoms with E-state index in [2.05, 4.69) is 15.3 Å². The van der Waals surface area contributed by atoms with Crippen LogP contribution in [-0.2, 0) is 6.54 Å². The number of amides is 1. The van der Waals surface area contributed by atoms with Gasteiger partial charge in [0.25, 0.3) is 5.91 Å². The van der Waals surface area contributed by atoms with Crippen LogP contribution in [0.3, 0.4) is 0 Å². The van der Waals surface area contributed by atoms with E-state index in [9.17, 15) is 4.79 Å². The Bertz CT molecular complexity index is 609. The largest absolute Gasteiger partial charge is 0.366 e. The number of anilines is 1. The lowest BCUT2D eigenvalue weighted by Crippen LogP contribution is -2.28. The summed E-state index contributed by atoms with van der Waals surface area (Å²) in [5.74, 6) is 0.675. The second-order valence-electron chi connectivity index (χ2n) is 5.13. The lowest BCUT2D eigenvalue weighted by Gasteiger charge is -2.14. The molecule has 3 rings (SSSR count). The number of carbonyl (C=O) groups is 1. The van der Waals surface area contributed by atoms with Crippen LogP contribution in [0.1, 0.15) is 28.9 Å². The Kier molecular flexibility index (Phi) is 4.09. The molecule has 1 aliphatic heterocycles. The molecule has 2 aromatic rings. The molecule has 2 heterocycles. The van der Waals surface area contributed by atoms with Gasteiger partial charge in [0.2, 0.25) is 0 Å². The molecule has 0 spiro atoms. The first kappa shape index (κ1) is 13.5. The molecule has 0 unspecified atom stereocenters.